The quantitative estimate of drug-likeness (QED) is 0.781. The standard InChI is InChI=1S/C15H21N3O4/c1-9-4-13(22-17-9)15(21)16-11-5-12(6-11)18(8-14(19)20)7-10-2-3-10/h4,10-12H,2-3,5-8H2,1H3,(H,16,21)(H,19,20). The van der Waals surface area contributed by atoms with Crippen molar-refractivity contribution < 1.29 is 19.2 Å². The molecule has 0 radical (unpaired) electrons. The number of hydrogen-bond donors (Lipinski definition) is 2. The first-order chi connectivity index (χ1) is 10.5. The van der Waals surface area contributed by atoms with Crippen LogP contribution in [0.15, 0.2) is 10.6 Å². The number of aliphatic carboxylic acids is 1. The van der Waals surface area contributed by atoms with Gasteiger partial charge in [-0.2, -0.15) is 0 Å². The molecule has 2 aliphatic carbocycles. The second kappa shape index (κ2) is 6.08. The molecule has 0 unspecified atom stereocenters. The van der Waals surface area contributed by atoms with E-state index in [1.165, 1.54) is 12.8 Å². The van der Waals surface area contributed by atoms with Gasteiger partial charge < -0.3 is 14.9 Å². The van der Waals surface area contributed by atoms with Gasteiger partial charge in [-0.1, -0.05) is 5.16 Å². The maximum Gasteiger partial charge on any atom is 0.317 e. The monoisotopic (exact) mass is 307 g/mol. The first-order valence-electron chi connectivity index (χ1n) is 7.71. The highest BCUT2D eigenvalue weighted by atomic mass is 16.5. The smallest absolute Gasteiger partial charge is 0.317 e. The molecule has 0 bridgehead atoms. The Kier molecular flexibility index (Phi) is 4.15. The highest BCUT2D eigenvalue weighted by molar-refractivity contribution is 5.91. The topological polar surface area (TPSA) is 95.7 Å². The molecule has 0 aliphatic heterocycles. The number of amides is 1. The zero-order valence-electron chi connectivity index (χ0n) is 12.6. The van der Waals surface area contributed by atoms with Crippen LogP contribution in [-0.2, 0) is 4.79 Å². The summed E-state index contributed by atoms with van der Waals surface area (Å²) in [7, 11) is 0. The first-order valence-corrected chi connectivity index (χ1v) is 7.71. The summed E-state index contributed by atoms with van der Waals surface area (Å²) < 4.78 is 4.93. The van der Waals surface area contributed by atoms with Crippen molar-refractivity contribution in [2.75, 3.05) is 13.1 Å². The van der Waals surface area contributed by atoms with Gasteiger partial charge in [-0.05, 0) is 38.5 Å². The van der Waals surface area contributed by atoms with Crippen molar-refractivity contribution in [1.82, 2.24) is 15.4 Å². The lowest BCUT2D eigenvalue weighted by atomic mass is 9.85. The van der Waals surface area contributed by atoms with Gasteiger partial charge in [0.25, 0.3) is 5.91 Å². The third-order valence-corrected chi connectivity index (χ3v) is 4.34. The summed E-state index contributed by atoms with van der Waals surface area (Å²) in [5.74, 6) is -0.159. The van der Waals surface area contributed by atoms with E-state index in [2.05, 4.69) is 10.5 Å². The van der Waals surface area contributed by atoms with Crippen LogP contribution >= 0.6 is 0 Å². The Bertz CT molecular complexity index is 561. The summed E-state index contributed by atoms with van der Waals surface area (Å²) in [6.45, 7) is 2.71. The van der Waals surface area contributed by atoms with E-state index in [1.54, 1.807) is 13.0 Å². The predicted molar refractivity (Wildman–Crippen MR) is 77.4 cm³/mol. The van der Waals surface area contributed by atoms with Crippen molar-refractivity contribution >= 4 is 11.9 Å². The number of hydrogen-bond acceptors (Lipinski definition) is 5. The summed E-state index contributed by atoms with van der Waals surface area (Å²) in [5, 5.41) is 15.6. The van der Waals surface area contributed by atoms with E-state index >= 15 is 0 Å². The van der Waals surface area contributed by atoms with Crippen LogP contribution in [0.2, 0.25) is 0 Å². The molecule has 0 saturated heterocycles. The average molecular weight is 307 g/mol. The number of carbonyl (C=O) groups excluding carboxylic acids is 1. The normalized spacial score (nSPS) is 24.1. The van der Waals surface area contributed by atoms with E-state index in [0.29, 0.717) is 11.6 Å². The van der Waals surface area contributed by atoms with Gasteiger partial charge in [0.1, 0.15) is 0 Å². The molecule has 3 rings (SSSR count). The van der Waals surface area contributed by atoms with Crippen molar-refractivity contribution in [3.63, 3.8) is 0 Å². The lowest BCUT2D eigenvalue weighted by Crippen LogP contribution is -2.55. The molecular weight excluding hydrogens is 286 g/mol. The minimum absolute atomic E-state index is 0.0819. The summed E-state index contributed by atoms with van der Waals surface area (Å²) in [6.07, 6.45) is 3.99. The van der Waals surface area contributed by atoms with Gasteiger partial charge in [0, 0.05) is 24.7 Å². The third-order valence-electron chi connectivity index (χ3n) is 4.34. The largest absolute Gasteiger partial charge is 0.480 e. The number of carboxylic acid groups (broad SMARTS) is 1. The van der Waals surface area contributed by atoms with Gasteiger partial charge in [0.05, 0.1) is 12.2 Å². The second-order valence-corrected chi connectivity index (χ2v) is 6.39. The fourth-order valence-corrected chi connectivity index (χ4v) is 2.88. The molecule has 2 saturated carbocycles. The van der Waals surface area contributed by atoms with Gasteiger partial charge in [-0.3, -0.25) is 14.5 Å². The average Bonchev–Trinajstić information content (AvgIpc) is 3.10. The number of carboxylic acids is 1. The minimum atomic E-state index is -0.787. The third kappa shape index (κ3) is 3.65. The van der Waals surface area contributed by atoms with E-state index in [-0.39, 0.29) is 30.3 Å². The Hall–Kier alpha value is -1.89. The summed E-state index contributed by atoms with van der Waals surface area (Å²) in [4.78, 5) is 25.0. The zero-order valence-corrected chi connectivity index (χ0v) is 12.6. The second-order valence-electron chi connectivity index (χ2n) is 6.39. The highest BCUT2D eigenvalue weighted by Crippen LogP contribution is 2.33. The Morgan fingerprint density at radius 3 is 2.73 bits per heavy atom. The first kappa shape index (κ1) is 15.0. The number of rotatable bonds is 7. The van der Waals surface area contributed by atoms with Crippen LogP contribution in [0.3, 0.4) is 0 Å². The van der Waals surface area contributed by atoms with Crippen LogP contribution in [0.1, 0.15) is 41.9 Å². The summed E-state index contributed by atoms with van der Waals surface area (Å²) in [5.41, 5.74) is 0.675. The summed E-state index contributed by atoms with van der Waals surface area (Å²) in [6, 6.07) is 1.94. The number of aromatic nitrogens is 1. The molecule has 7 nitrogen and oxygen atoms in total. The molecule has 1 aromatic rings. The minimum Gasteiger partial charge on any atom is -0.480 e. The van der Waals surface area contributed by atoms with E-state index in [4.69, 9.17) is 9.63 Å². The molecular formula is C15H21N3O4. The number of nitrogens with one attached hydrogen (secondary N) is 1. The van der Waals surface area contributed by atoms with E-state index < -0.39 is 5.97 Å². The molecule has 2 N–H and O–H groups in total. The van der Waals surface area contributed by atoms with Gasteiger partial charge >= 0.3 is 5.97 Å². The lowest BCUT2D eigenvalue weighted by Gasteiger charge is -2.42. The molecule has 1 amide bonds. The molecule has 0 atom stereocenters. The van der Waals surface area contributed by atoms with Crippen molar-refractivity contribution in [3.8, 4) is 0 Å². The molecule has 120 valence electrons. The van der Waals surface area contributed by atoms with E-state index in [1.807, 2.05) is 4.90 Å². The highest BCUT2D eigenvalue weighted by Gasteiger charge is 2.38. The van der Waals surface area contributed by atoms with Crippen LogP contribution in [-0.4, -0.2) is 52.2 Å². The maximum absolute atomic E-state index is 12.0. The summed E-state index contributed by atoms with van der Waals surface area (Å²) >= 11 is 0. The molecule has 0 spiro atoms. The molecule has 22 heavy (non-hydrogen) atoms. The van der Waals surface area contributed by atoms with Crippen molar-refractivity contribution in [1.29, 1.82) is 0 Å². The SMILES string of the molecule is Cc1cc(C(=O)NC2CC(N(CC(=O)O)CC3CC3)C2)on1. The Balaban J connectivity index is 1.47. The molecule has 0 aromatic carbocycles. The van der Waals surface area contributed by atoms with Crippen molar-refractivity contribution in [2.24, 2.45) is 5.92 Å². The van der Waals surface area contributed by atoms with E-state index in [9.17, 15) is 9.59 Å². The molecule has 1 aromatic heterocycles. The van der Waals surface area contributed by atoms with Crippen LogP contribution in [0.25, 0.3) is 0 Å². The Morgan fingerprint density at radius 2 is 2.18 bits per heavy atom. The molecule has 2 aliphatic rings. The van der Waals surface area contributed by atoms with Crippen LogP contribution < -0.4 is 5.32 Å². The van der Waals surface area contributed by atoms with Crippen molar-refractivity contribution in [2.45, 2.75) is 44.7 Å². The number of nitrogens with zero attached hydrogens (tertiary/aromatic N) is 2. The van der Waals surface area contributed by atoms with Gasteiger partial charge in [-0.15, -0.1) is 0 Å². The Labute approximate surface area is 128 Å². The van der Waals surface area contributed by atoms with Crippen LogP contribution in [0.5, 0.6) is 0 Å². The fraction of sp³-hybridized carbons (Fsp3) is 0.667. The lowest BCUT2D eigenvalue weighted by molar-refractivity contribution is -0.139. The number of carbonyl (C=O) groups is 2. The maximum atomic E-state index is 12.0. The zero-order chi connectivity index (χ0) is 15.7. The van der Waals surface area contributed by atoms with Gasteiger partial charge in [0.2, 0.25) is 5.76 Å². The fourth-order valence-electron chi connectivity index (χ4n) is 2.88. The Morgan fingerprint density at radius 1 is 1.45 bits per heavy atom. The van der Waals surface area contributed by atoms with Gasteiger partial charge in [-0.25, -0.2) is 0 Å². The molecule has 2 fully saturated rings. The predicted octanol–water partition coefficient (Wildman–Crippen LogP) is 1.04. The van der Waals surface area contributed by atoms with Crippen LogP contribution in [0, 0.1) is 12.8 Å². The van der Waals surface area contributed by atoms with E-state index in [0.717, 1.165) is 19.4 Å². The van der Waals surface area contributed by atoms with Crippen molar-refractivity contribution in [3.05, 3.63) is 17.5 Å². The van der Waals surface area contributed by atoms with Gasteiger partial charge in [0.15, 0.2) is 0 Å². The number of aryl methyl sites for hydroxylation is 1. The van der Waals surface area contributed by atoms with Crippen LogP contribution in [0.4, 0.5) is 0 Å². The molecule has 7 heteroatoms. The molecule has 1 heterocycles.